The third kappa shape index (κ3) is 1.33. The minimum Gasteiger partial charge on any atom is -0.299 e. The highest BCUT2D eigenvalue weighted by Crippen LogP contribution is 2.21. The van der Waals surface area contributed by atoms with Crippen molar-refractivity contribution in [2.45, 2.75) is 6.92 Å². The molecule has 0 fully saturated rings. The van der Waals surface area contributed by atoms with Gasteiger partial charge in [-0.15, -0.1) is 0 Å². The Hall–Kier alpha value is -1.90. The standard InChI is InChI=1S/C11H10N2O/c1-8(6-7-14)11-9-4-2-3-5-10(9)12-13-11/h2-7H,1H3,(H,12,13)/b8-6+. The van der Waals surface area contributed by atoms with Crippen molar-refractivity contribution in [2.24, 2.45) is 0 Å². The van der Waals surface area contributed by atoms with E-state index in [0.29, 0.717) is 0 Å². The van der Waals surface area contributed by atoms with Crippen LogP contribution in [-0.2, 0) is 4.79 Å². The zero-order valence-corrected chi connectivity index (χ0v) is 7.82. The Morgan fingerprint density at radius 2 is 2.21 bits per heavy atom. The molecule has 0 aliphatic rings. The molecule has 0 aliphatic heterocycles. The minimum atomic E-state index is 0.777. The van der Waals surface area contributed by atoms with E-state index in [1.165, 1.54) is 6.08 Å². The number of aromatic amines is 1. The molecule has 0 amide bonds. The van der Waals surface area contributed by atoms with Gasteiger partial charge in [0.15, 0.2) is 0 Å². The minimum absolute atomic E-state index is 0.777. The molecule has 0 saturated carbocycles. The number of hydrogen-bond acceptors (Lipinski definition) is 2. The Morgan fingerprint density at radius 3 is 3.00 bits per heavy atom. The van der Waals surface area contributed by atoms with Crippen LogP contribution in [0.5, 0.6) is 0 Å². The first kappa shape index (κ1) is 8.69. The quantitative estimate of drug-likeness (QED) is 0.577. The lowest BCUT2D eigenvalue weighted by molar-refractivity contribution is -0.104. The van der Waals surface area contributed by atoms with E-state index in [1.807, 2.05) is 31.2 Å². The van der Waals surface area contributed by atoms with Gasteiger partial charge in [0.25, 0.3) is 0 Å². The first-order valence-corrected chi connectivity index (χ1v) is 4.38. The largest absolute Gasteiger partial charge is 0.299 e. The number of aromatic nitrogens is 2. The Kier molecular flexibility index (Phi) is 2.14. The summed E-state index contributed by atoms with van der Waals surface area (Å²) in [5, 5.41) is 8.13. The van der Waals surface area contributed by atoms with Crippen molar-refractivity contribution in [2.75, 3.05) is 0 Å². The van der Waals surface area contributed by atoms with E-state index in [0.717, 1.165) is 28.5 Å². The Labute approximate surface area is 81.4 Å². The predicted molar refractivity (Wildman–Crippen MR) is 55.8 cm³/mol. The van der Waals surface area contributed by atoms with Crippen LogP contribution in [0.25, 0.3) is 16.5 Å². The van der Waals surface area contributed by atoms with Crippen LogP contribution in [-0.4, -0.2) is 16.5 Å². The van der Waals surface area contributed by atoms with Gasteiger partial charge in [0.2, 0.25) is 0 Å². The highest BCUT2D eigenvalue weighted by molar-refractivity contribution is 5.92. The third-order valence-corrected chi connectivity index (χ3v) is 2.16. The van der Waals surface area contributed by atoms with Crippen LogP contribution in [0.4, 0.5) is 0 Å². The second kappa shape index (κ2) is 3.46. The van der Waals surface area contributed by atoms with Crippen molar-refractivity contribution in [3.05, 3.63) is 36.0 Å². The van der Waals surface area contributed by atoms with Gasteiger partial charge in [-0.2, -0.15) is 5.10 Å². The Bertz CT molecular complexity index is 497. The van der Waals surface area contributed by atoms with Crippen molar-refractivity contribution < 1.29 is 4.79 Å². The van der Waals surface area contributed by atoms with Gasteiger partial charge >= 0.3 is 0 Å². The fourth-order valence-electron chi connectivity index (χ4n) is 1.45. The Morgan fingerprint density at radius 1 is 1.43 bits per heavy atom. The first-order chi connectivity index (χ1) is 6.83. The molecule has 0 radical (unpaired) electrons. The smallest absolute Gasteiger partial charge is 0.143 e. The summed E-state index contributed by atoms with van der Waals surface area (Å²) in [5.41, 5.74) is 2.70. The second-order valence-corrected chi connectivity index (χ2v) is 3.10. The van der Waals surface area contributed by atoms with Crippen molar-refractivity contribution >= 4 is 22.8 Å². The average molecular weight is 186 g/mol. The van der Waals surface area contributed by atoms with Crippen molar-refractivity contribution in [3.63, 3.8) is 0 Å². The lowest BCUT2D eigenvalue weighted by atomic mass is 10.1. The molecular formula is C11H10N2O. The van der Waals surface area contributed by atoms with Gasteiger partial charge in [0, 0.05) is 5.39 Å². The number of rotatable bonds is 2. The normalized spacial score (nSPS) is 11.9. The molecule has 70 valence electrons. The second-order valence-electron chi connectivity index (χ2n) is 3.10. The molecule has 2 rings (SSSR count). The molecule has 0 spiro atoms. The summed E-state index contributed by atoms with van der Waals surface area (Å²) in [4.78, 5) is 10.3. The SMILES string of the molecule is C/C(=C\C=O)c1n[nH]c2ccccc12. The molecule has 1 aromatic carbocycles. The maximum atomic E-state index is 10.3. The molecule has 0 saturated heterocycles. The van der Waals surface area contributed by atoms with E-state index >= 15 is 0 Å². The van der Waals surface area contributed by atoms with E-state index in [9.17, 15) is 4.79 Å². The highest BCUT2D eigenvalue weighted by atomic mass is 16.1. The zero-order chi connectivity index (χ0) is 9.97. The number of hydrogen-bond donors (Lipinski definition) is 1. The molecule has 0 unspecified atom stereocenters. The maximum absolute atomic E-state index is 10.3. The molecular weight excluding hydrogens is 176 g/mol. The molecule has 2 aromatic rings. The monoisotopic (exact) mass is 186 g/mol. The summed E-state index contributed by atoms with van der Waals surface area (Å²) in [7, 11) is 0. The van der Waals surface area contributed by atoms with Gasteiger partial charge in [0.1, 0.15) is 6.29 Å². The third-order valence-electron chi connectivity index (χ3n) is 2.16. The fraction of sp³-hybridized carbons (Fsp3) is 0.0909. The van der Waals surface area contributed by atoms with Gasteiger partial charge < -0.3 is 0 Å². The van der Waals surface area contributed by atoms with Crippen molar-refractivity contribution in [1.29, 1.82) is 0 Å². The number of aldehydes is 1. The van der Waals surface area contributed by atoms with Crippen LogP contribution in [0.3, 0.4) is 0 Å². The van der Waals surface area contributed by atoms with Gasteiger partial charge in [-0.25, -0.2) is 0 Å². The number of carbonyl (C=O) groups excluding carboxylic acids is 1. The van der Waals surface area contributed by atoms with Crippen LogP contribution in [0, 0.1) is 0 Å². The highest BCUT2D eigenvalue weighted by Gasteiger charge is 2.05. The molecule has 1 aromatic heterocycles. The van der Waals surface area contributed by atoms with Crippen molar-refractivity contribution in [3.8, 4) is 0 Å². The molecule has 14 heavy (non-hydrogen) atoms. The average Bonchev–Trinajstić information content (AvgIpc) is 2.61. The molecule has 1 heterocycles. The number of para-hydroxylation sites is 1. The van der Waals surface area contributed by atoms with Gasteiger partial charge in [-0.3, -0.25) is 9.89 Å². The van der Waals surface area contributed by atoms with Gasteiger partial charge in [0.05, 0.1) is 11.2 Å². The number of fused-ring (bicyclic) bond motifs is 1. The molecule has 0 aliphatic carbocycles. The topological polar surface area (TPSA) is 45.8 Å². The van der Waals surface area contributed by atoms with E-state index < -0.39 is 0 Å². The molecule has 3 heteroatoms. The maximum Gasteiger partial charge on any atom is 0.143 e. The summed E-state index contributed by atoms with van der Waals surface area (Å²) < 4.78 is 0. The number of allylic oxidation sites excluding steroid dienone is 2. The molecule has 0 atom stereocenters. The number of nitrogens with zero attached hydrogens (tertiary/aromatic N) is 1. The summed E-state index contributed by atoms with van der Waals surface area (Å²) in [6, 6.07) is 7.84. The number of H-pyrrole nitrogens is 1. The number of nitrogens with one attached hydrogen (secondary N) is 1. The molecule has 3 nitrogen and oxygen atoms in total. The van der Waals surface area contributed by atoms with E-state index in [2.05, 4.69) is 10.2 Å². The fourth-order valence-corrected chi connectivity index (χ4v) is 1.45. The van der Waals surface area contributed by atoms with Crippen LogP contribution in [0.2, 0.25) is 0 Å². The van der Waals surface area contributed by atoms with Crippen LogP contribution in [0.1, 0.15) is 12.6 Å². The zero-order valence-electron chi connectivity index (χ0n) is 7.82. The van der Waals surface area contributed by atoms with E-state index in [4.69, 9.17) is 0 Å². The van der Waals surface area contributed by atoms with Crippen LogP contribution in [0.15, 0.2) is 30.3 Å². The summed E-state index contributed by atoms with van der Waals surface area (Å²) in [6.45, 7) is 1.87. The lowest BCUT2D eigenvalue weighted by Crippen LogP contribution is -1.81. The van der Waals surface area contributed by atoms with Crippen molar-refractivity contribution in [1.82, 2.24) is 10.2 Å². The number of benzene rings is 1. The first-order valence-electron chi connectivity index (χ1n) is 4.38. The molecule has 1 N–H and O–H groups in total. The van der Waals surface area contributed by atoms with Crippen LogP contribution < -0.4 is 0 Å². The predicted octanol–water partition coefficient (Wildman–Crippen LogP) is 2.17. The lowest BCUT2D eigenvalue weighted by Gasteiger charge is -1.93. The van der Waals surface area contributed by atoms with E-state index in [-0.39, 0.29) is 0 Å². The van der Waals surface area contributed by atoms with E-state index in [1.54, 1.807) is 0 Å². The number of carbonyl (C=O) groups is 1. The van der Waals surface area contributed by atoms with Gasteiger partial charge in [-0.1, -0.05) is 18.2 Å². The summed E-state index contributed by atoms with van der Waals surface area (Å²) in [6.07, 6.45) is 2.29. The Balaban J connectivity index is 2.64. The summed E-state index contributed by atoms with van der Waals surface area (Å²) in [5.74, 6) is 0. The summed E-state index contributed by atoms with van der Waals surface area (Å²) >= 11 is 0. The van der Waals surface area contributed by atoms with Crippen LogP contribution >= 0.6 is 0 Å². The van der Waals surface area contributed by atoms with Gasteiger partial charge in [-0.05, 0) is 24.6 Å². The molecule has 0 bridgehead atoms.